The predicted octanol–water partition coefficient (Wildman–Crippen LogP) is 5.98. The lowest BCUT2D eigenvalue weighted by molar-refractivity contribution is 0.458. The van der Waals surface area contributed by atoms with Crippen molar-refractivity contribution in [3.8, 4) is 0 Å². The summed E-state index contributed by atoms with van der Waals surface area (Å²) in [5, 5.41) is 11.9. The molecule has 0 radical (unpaired) electrons. The SMILES string of the molecule is C=C(SC(=C\C)/N=N/c1ccc2[nH]c(CC)cc2c1)N1CCCC1. The molecular weight excluding hydrogens is 316 g/mol. The number of thioether (sulfide) groups is 1. The Morgan fingerprint density at radius 1 is 1.33 bits per heavy atom. The van der Waals surface area contributed by atoms with E-state index in [1.165, 1.54) is 23.9 Å². The van der Waals surface area contributed by atoms with Crippen LogP contribution in [0.3, 0.4) is 0 Å². The van der Waals surface area contributed by atoms with Gasteiger partial charge in [0.2, 0.25) is 0 Å². The quantitative estimate of drug-likeness (QED) is 0.658. The van der Waals surface area contributed by atoms with Crippen LogP contribution in [-0.4, -0.2) is 23.0 Å². The zero-order chi connectivity index (χ0) is 16.9. The molecule has 2 heterocycles. The van der Waals surface area contributed by atoms with Gasteiger partial charge in [-0.15, -0.1) is 5.11 Å². The van der Waals surface area contributed by atoms with Crippen LogP contribution in [-0.2, 0) is 6.42 Å². The van der Waals surface area contributed by atoms with Crippen molar-refractivity contribution in [2.75, 3.05) is 13.1 Å². The van der Waals surface area contributed by atoms with Crippen LogP contribution in [0.1, 0.15) is 32.4 Å². The van der Waals surface area contributed by atoms with Gasteiger partial charge in [0.05, 0.1) is 10.7 Å². The lowest BCUT2D eigenvalue weighted by atomic mass is 10.2. The van der Waals surface area contributed by atoms with E-state index in [1.807, 2.05) is 19.1 Å². The number of rotatable bonds is 6. The maximum Gasteiger partial charge on any atom is 0.121 e. The van der Waals surface area contributed by atoms with E-state index in [9.17, 15) is 0 Å². The number of aryl methyl sites for hydroxylation is 1. The Kier molecular flexibility index (Phi) is 5.41. The number of allylic oxidation sites excluding steroid dienone is 1. The first kappa shape index (κ1) is 16.8. The largest absolute Gasteiger partial charge is 0.367 e. The van der Waals surface area contributed by atoms with E-state index in [0.717, 1.165) is 40.8 Å². The van der Waals surface area contributed by atoms with Gasteiger partial charge in [0.25, 0.3) is 0 Å². The summed E-state index contributed by atoms with van der Waals surface area (Å²) in [7, 11) is 0. The normalized spacial score (nSPS) is 15.8. The molecule has 0 spiro atoms. The molecule has 1 aliphatic heterocycles. The number of hydrogen-bond acceptors (Lipinski definition) is 4. The zero-order valence-corrected chi connectivity index (χ0v) is 15.2. The molecule has 5 heteroatoms. The number of H-pyrrole nitrogens is 1. The lowest BCUT2D eigenvalue weighted by Crippen LogP contribution is -2.15. The summed E-state index contributed by atoms with van der Waals surface area (Å²) in [5.41, 5.74) is 3.26. The zero-order valence-electron chi connectivity index (χ0n) is 14.4. The maximum absolute atomic E-state index is 4.41. The number of aromatic amines is 1. The van der Waals surface area contributed by atoms with Crippen molar-refractivity contribution in [2.24, 2.45) is 10.2 Å². The molecular formula is C19H24N4S. The van der Waals surface area contributed by atoms with E-state index in [-0.39, 0.29) is 0 Å². The highest BCUT2D eigenvalue weighted by molar-refractivity contribution is 8.06. The molecule has 1 saturated heterocycles. The summed E-state index contributed by atoms with van der Waals surface area (Å²) in [6.07, 6.45) is 5.49. The van der Waals surface area contributed by atoms with E-state index in [4.69, 9.17) is 0 Å². The molecule has 0 atom stereocenters. The second-order valence-electron chi connectivity index (χ2n) is 5.94. The molecule has 126 valence electrons. The first-order chi connectivity index (χ1) is 11.7. The smallest absolute Gasteiger partial charge is 0.121 e. The Hall–Kier alpha value is -2.01. The molecule has 24 heavy (non-hydrogen) atoms. The number of likely N-dealkylation sites (tertiary alicyclic amines) is 1. The van der Waals surface area contributed by atoms with Crippen LogP contribution >= 0.6 is 11.8 Å². The summed E-state index contributed by atoms with van der Waals surface area (Å²) >= 11 is 1.60. The van der Waals surface area contributed by atoms with Crippen LogP contribution < -0.4 is 0 Å². The van der Waals surface area contributed by atoms with Crippen LogP contribution in [0.25, 0.3) is 10.9 Å². The average molecular weight is 340 g/mol. The van der Waals surface area contributed by atoms with Gasteiger partial charge >= 0.3 is 0 Å². The molecule has 4 nitrogen and oxygen atoms in total. The molecule has 3 rings (SSSR count). The Morgan fingerprint density at radius 3 is 2.83 bits per heavy atom. The van der Waals surface area contributed by atoms with Crippen molar-refractivity contribution < 1.29 is 0 Å². The van der Waals surface area contributed by atoms with E-state index >= 15 is 0 Å². The molecule has 0 aliphatic carbocycles. The molecule has 0 unspecified atom stereocenters. The Balaban J connectivity index is 1.69. The molecule has 1 aromatic heterocycles. The molecule has 2 aromatic rings. The van der Waals surface area contributed by atoms with Gasteiger partial charge < -0.3 is 9.88 Å². The second kappa shape index (κ2) is 7.71. The fourth-order valence-corrected chi connectivity index (χ4v) is 3.58. The van der Waals surface area contributed by atoms with Gasteiger partial charge in [0.15, 0.2) is 0 Å². The van der Waals surface area contributed by atoms with Crippen LogP contribution in [0.4, 0.5) is 5.69 Å². The third kappa shape index (κ3) is 3.90. The average Bonchev–Trinajstić information content (AvgIpc) is 3.26. The van der Waals surface area contributed by atoms with Crippen LogP contribution in [0, 0.1) is 0 Å². The predicted molar refractivity (Wildman–Crippen MR) is 103 cm³/mol. The Labute approximate surface area is 147 Å². The highest BCUT2D eigenvalue weighted by Gasteiger charge is 2.14. The van der Waals surface area contributed by atoms with Crippen LogP contribution in [0.5, 0.6) is 0 Å². The van der Waals surface area contributed by atoms with Crippen LogP contribution in [0.2, 0.25) is 0 Å². The number of azo groups is 1. The van der Waals surface area contributed by atoms with E-state index in [0.29, 0.717) is 0 Å². The summed E-state index contributed by atoms with van der Waals surface area (Å²) in [6.45, 7) is 10.5. The standard InChI is InChI=1S/C19H24N4S/c1-4-16-12-15-13-17(8-9-18(15)20-16)21-22-19(5-2)24-14(3)23-10-6-7-11-23/h5,8-9,12-13,20H,3-4,6-7,10-11H2,1-2H3/b19-5-,22-21+. The topological polar surface area (TPSA) is 43.8 Å². The number of hydrogen-bond donors (Lipinski definition) is 1. The molecule has 1 aliphatic rings. The van der Waals surface area contributed by atoms with E-state index in [1.54, 1.807) is 11.8 Å². The number of benzene rings is 1. The minimum absolute atomic E-state index is 0.871. The fraction of sp³-hybridized carbons (Fsp3) is 0.368. The van der Waals surface area contributed by atoms with Crippen molar-refractivity contribution in [1.29, 1.82) is 0 Å². The highest BCUT2D eigenvalue weighted by atomic mass is 32.2. The molecule has 1 aromatic carbocycles. The molecule has 0 bridgehead atoms. The second-order valence-corrected chi connectivity index (χ2v) is 7.03. The van der Waals surface area contributed by atoms with Gasteiger partial charge in [-0.3, -0.25) is 0 Å². The van der Waals surface area contributed by atoms with Crippen molar-refractivity contribution in [1.82, 2.24) is 9.88 Å². The third-order valence-corrected chi connectivity index (χ3v) is 5.25. The number of aromatic nitrogens is 1. The number of nitrogens with one attached hydrogen (secondary N) is 1. The molecule has 0 saturated carbocycles. The van der Waals surface area contributed by atoms with Gasteiger partial charge in [-0.05, 0) is 50.5 Å². The summed E-state index contributed by atoms with van der Waals surface area (Å²) < 4.78 is 0. The number of nitrogens with zero attached hydrogens (tertiary/aromatic N) is 3. The molecule has 1 N–H and O–H groups in total. The summed E-state index contributed by atoms with van der Waals surface area (Å²) in [4.78, 5) is 5.72. The van der Waals surface area contributed by atoms with E-state index in [2.05, 4.69) is 51.8 Å². The fourth-order valence-electron chi connectivity index (χ4n) is 2.83. The van der Waals surface area contributed by atoms with Crippen molar-refractivity contribution >= 4 is 28.4 Å². The molecule has 1 fully saturated rings. The number of fused-ring (bicyclic) bond motifs is 1. The van der Waals surface area contributed by atoms with Gasteiger partial charge in [0.1, 0.15) is 5.03 Å². The van der Waals surface area contributed by atoms with Crippen molar-refractivity contribution in [3.05, 3.63) is 52.7 Å². The highest BCUT2D eigenvalue weighted by Crippen LogP contribution is 2.31. The van der Waals surface area contributed by atoms with E-state index < -0.39 is 0 Å². The third-order valence-electron chi connectivity index (χ3n) is 4.23. The monoisotopic (exact) mass is 340 g/mol. The first-order valence-corrected chi connectivity index (χ1v) is 9.32. The van der Waals surface area contributed by atoms with Gasteiger partial charge in [-0.1, -0.05) is 31.3 Å². The Bertz CT molecular complexity index is 782. The van der Waals surface area contributed by atoms with Crippen LogP contribution in [0.15, 0.2) is 57.2 Å². The maximum atomic E-state index is 4.41. The van der Waals surface area contributed by atoms with Crippen molar-refractivity contribution in [3.63, 3.8) is 0 Å². The van der Waals surface area contributed by atoms with Crippen molar-refractivity contribution in [2.45, 2.75) is 33.1 Å². The lowest BCUT2D eigenvalue weighted by Gasteiger charge is -2.18. The summed E-state index contributed by atoms with van der Waals surface area (Å²) in [5.74, 6) is 0. The minimum atomic E-state index is 0.871. The minimum Gasteiger partial charge on any atom is -0.367 e. The first-order valence-electron chi connectivity index (χ1n) is 8.51. The van der Waals surface area contributed by atoms with Gasteiger partial charge in [0, 0.05) is 29.7 Å². The van der Waals surface area contributed by atoms with Gasteiger partial charge in [-0.25, -0.2) is 0 Å². The molecule has 0 amide bonds. The van der Waals surface area contributed by atoms with Gasteiger partial charge in [-0.2, -0.15) is 5.11 Å². The Morgan fingerprint density at radius 2 is 2.12 bits per heavy atom. The summed E-state index contributed by atoms with van der Waals surface area (Å²) in [6, 6.07) is 8.31.